The predicted octanol–water partition coefficient (Wildman–Crippen LogP) is 5.65. The number of carbonyl (C=O) groups is 2. The van der Waals surface area contributed by atoms with E-state index < -0.39 is 17.4 Å². The lowest BCUT2D eigenvalue weighted by atomic mass is 9.86. The largest absolute Gasteiger partial charge is 0.480 e. The second-order valence-electron chi connectivity index (χ2n) is 9.68. The van der Waals surface area contributed by atoms with Gasteiger partial charge in [0.2, 0.25) is 0 Å². The Hall–Kier alpha value is -1.88. The zero-order chi connectivity index (χ0) is 22.3. The van der Waals surface area contributed by atoms with Gasteiger partial charge in [-0.15, -0.1) is 0 Å². The van der Waals surface area contributed by atoms with Crippen molar-refractivity contribution in [2.45, 2.75) is 109 Å². The van der Waals surface area contributed by atoms with Gasteiger partial charge in [-0.05, 0) is 56.1 Å². The summed E-state index contributed by atoms with van der Waals surface area (Å²) in [6.45, 7) is 3.03. The van der Waals surface area contributed by atoms with Gasteiger partial charge in [-0.1, -0.05) is 69.7 Å². The van der Waals surface area contributed by atoms with Gasteiger partial charge in [0.15, 0.2) is 5.41 Å². The third kappa shape index (κ3) is 6.31. The maximum Gasteiger partial charge on any atom is 0.321 e. The monoisotopic (exact) mass is 429 g/mol. The number of hydrogen-bond acceptors (Lipinski definition) is 3. The molecule has 0 bridgehead atoms. The van der Waals surface area contributed by atoms with E-state index in [9.17, 15) is 19.8 Å². The molecule has 0 amide bonds. The standard InChI is InChI=1S/C26H39NO4/c1-2-3-4-5-6-7-8-9-20-10-12-21(13-11-20)19-27(22-14-15-22)23-16-17-26(18-23,24(28)29)25(30)31/h10-13,22-23H,2-9,14-19H2,1H3,(H,28,29)(H,30,31). The average molecular weight is 430 g/mol. The van der Waals surface area contributed by atoms with Crippen LogP contribution in [0.2, 0.25) is 0 Å². The third-order valence-electron chi connectivity index (χ3n) is 7.25. The van der Waals surface area contributed by atoms with E-state index in [0.717, 1.165) is 25.8 Å². The van der Waals surface area contributed by atoms with E-state index in [4.69, 9.17) is 0 Å². The molecule has 0 aromatic heterocycles. The molecule has 5 heteroatoms. The van der Waals surface area contributed by atoms with Crippen LogP contribution in [0.5, 0.6) is 0 Å². The van der Waals surface area contributed by atoms with E-state index >= 15 is 0 Å². The summed E-state index contributed by atoms with van der Waals surface area (Å²) in [6.07, 6.45) is 13.7. The summed E-state index contributed by atoms with van der Waals surface area (Å²) in [5.74, 6) is -2.37. The van der Waals surface area contributed by atoms with Gasteiger partial charge in [0, 0.05) is 18.6 Å². The molecule has 2 N–H and O–H groups in total. The summed E-state index contributed by atoms with van der Waals surface area (Å²) >= 11 is 0. The van der Waals surface area contributed by atoms with Gasteiger partial charge in [-0.2, -0.15) is 0 Å². The maximum atomic E-state index is 11.7. The van der Waals surface area contributed by atoms with Crippen LogP contribution in [-0.4, -0.2) is 39.1 Å². The number of benzene rings is 1. The van der Waals surface area contributed by atoms with Crippen LogP contribution < -0.4 is 0 Å². The second-order valence-corrected chi connectivity index (χ2v) is 9.68. The molecule has 172 valence electrons. The first-order valence-electron chi connectivity index (χ1n) is 12.3. The highest BCUT2D eigenvalue weighted by molar-refractivity contribution is 5.98. The molecule has 31 heavy (non-hydrogen) atoms. The number of hydrogen-bond donors (Lipinski definition) is 2. The van der Waals surface area contributed by atoms with Gasteiger partial charge in [0.1, 0.15) is 0 Å². The molecule has 2 aliphatic rings. The predicted molar refractivity (Wildman–Crippen MR) is 122 cm³/mol. The number of aryl methyl sites for hydroxylation is 1. The fraction of sp³-hybridized carbons (Fsp3) is 0.692. The smallest absolute Gasteiger partial charge is 0.321 e. The van der Waals surface area contributed by atoms with Crippen molar-refractivity contribution in [3.63, 3.8) is 0 Å². The molecule has 0 saturated heterocycles. The molecule has 0 aliphatic heterocycles. The van der Waals surface area contributed by atoms with Crippen molar-refractivity contribution in [1.82, 2.24) is 4.90 Å². The van der Waals surface area contributed by atoms with Gasteiger partial charge in [0.05, 0.1) is 0 Å². The minimum absolute atomic E-state index is 0.0343. The van der Waals surface area contributed by atoms with Gasteiger partial charge in [-0.3, -0.25) is 14.5 Å². The summed E-state index contributed by atoms with van der Waals surface area (Å²) in [5, 5.41) is 19.1. The number of carboxylic acids is 2. The Morgan fingerprint density at radius 2 is 1.45 bits per heavy atom. The van der Waals surface area contributed by atoms with Crippen molar-refractivity contribution >= 4 is 11.9 Å². The Bertz CT molecular complexity index is 711. The molecule has 0 heterocycles. The molecule has 1 aromatic rings. The maximum absolute atomic E-state index is 11.7. The lowest BCUT2D eigenvalue weighted by Crippen LogP contribution is -2.41. The first kappa shape index (κ1) is 23.8. The number of rotatable bonds is 14. The van der Waals surface area contributed by atoms with Crippen molar-refractivity contribution in [3.8, 4) is 0 Å². The van der Waals surface area contributed by atoms with Crippen molar-refractivity contribution in [2.75, 3.05) is 0 Å². The summed E-state index contributed by atoms with van der Waals surface area (Å²) in [4.78, 5) is 25.8. The average Bonchev–Trinajstić information content (AvgIpc) is 3.49. The Labute approximate surface area is 186 Å². The zero-order valence-electron chi connectivity index (χ0n) is 19.0. The Morgan fingerprint density at radius 3 is 2.00 bits per heavy atom. The van der Waals surface area contributed by atoms with Crippen molar-refractivity contribution in [1.29, 1.82) is 0 Å². The fourth-order valence-electron chi connectivity index (χ4n) is 5.05. The van der Waals surface area contributed by atoms with Crippen molar-refractivity contribution in [3.05, 3.63) is 35.4 Å². The highest BCUT2D eigenvalue weighted by Crippen LogP contribution is 2.44. The van der Waals surface area contributed by atoms with E-state index in [1.54, 1.807) is 0 Å². The van der Waals surface area contributed by atoms with Crippen LogP contribution in [0.25, 0.3) is 0 Å². The number of carboxylic acid groups (broad SMARTS) is 2. The molecule has 1 unspecified atom stereocenters. The molecular weight excluding hydrogens is 390 g/mol. The third-order valence-corrected chi connectivity index (χ3v) is 7.25. The summed E-state index contributed by atoms with van der Waals surface area (Å²) in [7, 11) is 0. The van der Waals surface area contributed by atoms with Crippen LogP contribution in [0.1, 0.15) is 95.1 Å². The number of aliphatic carboxylic acids is 2. The Balaban J connectivity index is 1.50. The summed E-state index contributed by atoms with van der Waals surface area (Å²) in [5.41, 5.74) is 1.00. The van der Waals surface area contributed by atoms with E-state index in [1.807, 2.05) is 0 Å². The first-order chi connectivity index (χ1) is 15.0. The van der Waals surface area contributed by atoms with Crippen LogP contribution in [0.3, 0.4) is 0 Å². The van der Waals surface area contributed by atoms with Crippen LogP contribution >= 0.6 is 0 Å². The van der Waals surface area contributed by atoms with E-state index in [0.29, 0.717) is 12.5 Å². The van der Waals surface area contributed by atoms with Gasteiger partial charge < -0.3 is 10.2 Å². The summed E-state index contributed by atoms with van der Waals surface area (Å²) in [6, 6.07) is 9.35. The van der Waals surface area contributed by atoms with Crippen LogP contribution in [0.15, 0.2) is 24.3 Å². The lowest BCUT2D eigenvalue weighted by Gasteiger charge is -2.30. The van der Waals surface area contributed by atoms with Gasteiger partial charge in [-0.25, -0.2) is 0 Å². The molecular formula is C26H39NO4. The second kappa shape index (κ2) is 11.1. The highest BCUT2D eigenvalue weighted by atomic mass is 16.4. The number of nitrogens with zero attached hydrogens (tertiary/aromatic N) is 1. The Kier molecular flexibility index (Phi) is 8.53. The molecule has 0 spiro atoms. The minimum atomic E-state index is -1.61. The quantitative estimate of drug-likeness (QED) is 0.295. The fourth-order valence-corrected chi connectivity index (χ4v) is 5.05. The number of unbranched alkanes of at least 4 members (excludes halogenated alkanes) is 6. The molecule has 3 rings (SSSR count). The summed E-state index contributed by atoms with van der Waals surface area (Å²) < 4.78 is 0. The molecule has 1 aromatic carbocycles. The van der Waals surface area contributed by atoms with E-state index in [-0.39, 0.29) is 18.9 Å². The topological polar surface area (TPSA) is 77.8 Å². The molecule has 2 fully saturated rings. The Morgan fingerprint density at radius 1 is 0.871 bits per heavy atom. The SMILES string of the molecule is CCCCCCCCCc1ccc(CN(C2CC2)C2CCC(C(=O)O)(C(=O)O)C2)cc1. The molecule has 0 radical (unpaired) electrons. The van der Waals surface area contributed by atoms with Crippen molar-refractivity contribution < 1.29 is 19.8 Å². The van der Waals surface area contributed by atoms with Crippen LogP contribution in [0, 0.1) is 5.41 Å². The van der Waals surface area contributed by atoms with Gasteiger partial charge in [0.25, 0.3) is 0 Å². The van der Waals surface area contributed by atoms with E-state index in [2.05, 4.69) is 36.1 Å². The van der Waals surface area contributed by atoms with Gasteiger partial charge >= 0.3 is 11.9 Å². The molecule has 2 aliphatic carbocycles. The van der Waals surface area contributed by atoms with Crippen LogP contribution in [0.4, 0.5) is 0 Å². The first-order valence-corrected chi connectivity index (χ1v) is 12.3. The minimum Gasteiger partial charge on any atom is -0.480 e. The highest BCUT2D eigenvalue weighted by Gasteiger charge is 2.54. The van der Waals surface area contributed by atoms with E-state index in [1.165, 1.54) is 56.1 Å². The molecule has 5 nitrogen and oxygen atoms in total. The van der Waals surface area contributed by atoms with Crippen molar-refractivity contribution in [2.24, 2.45) is 5.41 Å². The molecule has 1 atom stereocenters. The van der Waals surface area contributed by atoms with Crippen LogP contribution in [-0.2, 0) is 22.6 Å². The molecule has 2 saturated carbocycles. The zero-order valence-corrected chi connectivity index (χ0v) is 19.0. The normalized spacial score (nSPS) is 20.3. The lowest BCUT2D eigenvalue weighted by molar-refractivity contribution is -0.164.